The molecule has 2 aromatic heterocycles. The van der Waals surface area contributed by atoms with Crippen molar-refractivity contribution in [2.45, 2.75) is 50.6 Å². The molecule has 174 valence electrons. The van der Waals surface area contributed by atoms with Gasteiger partial charge in [0, 0.05) is 30.7 Å². The zero-order chi connectivity index (χ0) is 23.8. The average molecular weight is 454 g/mol. The second kappa shape index (κ2) is 11.5. The molecule has 1 amide bonds. The highest BCUT2D eigenvalue weighted by Crippen LogP contribution is 2.37. The molecular weight excluding hydrogens is 422 g/mol. The van der Waals surface area contributed by atoms with Crippen molar-refractivity contribution in [3.63, 3.8) is 0 Å². The molecule has 0 bridgehead atoms. The van der Waals surface area contributed by atoms with E-state index >= 15 is 0 Å². The Bertz CT molecular complexity index is 1070. The molecule has 0 aliphatic carbocycles. The van der Waals surface area contributed by atoms with Crippen molar-refractivity contribution >= 4 is 5.91 Å². The smallest absolute Gasteiger partial charge is 0.237 e. The number of hydrogen-bond donors (Lipinski definition) is 1. The van der Waals surface area contributed by atoms with E-state index in [0.29, 0.717) is 5.56 Å². The van der Waals surface area contributed by atoms with Gasteiger partial charge in [0.25, 0.3) is 0 Å². The monoisotopic (exact) mass is 453 g/mol. The van der Waals surface area contributed by atoms with E-state index in [0.717, 1.165) is 55.5 Å². The van der Waals surface area contributed by atoms with E-state index in [9.17, 15) is 10.1 Å². The first-order chi connectivity index (χ1) is 16.7. The molecule has 2 atom stereocenters. The number of nitrogens with zero attached hydrogens (tertiary/aromatic N) is 4. The van der Waals surface area contributed by atoms with Gasteiger partial charge in [-0.3, -0.25) is 19.7 Å². The lowest BCUT2D eigenvalue weighted by atomic mass is 9.82. The lowest BCUT2D eigenvalue weighted by Gasteiger charge is -2.32. The summed E-state index contributed by atoms with van der Waals surface area (Å²) in [4.78, 5) is 24.7. The number of unbranched alkanes of at least 4 members (excludes halogenated alkanes) is 1. The minimum Gasteiger partial charge on any atom is -0.347 e. The molecule has 3 heterocycles. The Balaban J connectivity index is 1.74. The van der Waals surface area contributed by atoms with Crippen molar-refractivity contribution in [3.8, 4) is 6.07 Å². The Morgan fingerprint density at radius 2 is 1.82 bits per heavy atom. The predicted molar refractivity (Wildman–Crippen MR) is 132 cm³/mol. The summed E-state index contributed by atoms with van der Waals surface area (Å²) in [6.07, 6.45) is 11.3. The van der Waals surface area contributed by atoms with E-state index in [2.05, 4.69) is 33.2 Å². The molecule has 0 saturated carbocycles. The lowest BCUT2D eigenvalue weighted by molar-refractivity contribution is -0.126. The highest BCUT2D eigenvalue weighted by atomic mass is 16.2. The molecular formula is C28H31N5O. The highest BCUT2D eigenvalue weighted by molar-refractivity contribution is 5.82. The van der Waals surface area contributed by atoms with E-state index in [4.69, 9.17) is 0 Å². The van der Waals surface area contributed by atoms with E-state index in [1.807, 2.05) is 54.9 Å². The van der Waals surface area contributed by atoms with Gasteiger partial charge in [0.1, 0.15) is 0 Å². The van der Waals surface area contributed by atoms with Gasteiger partial charge in [0.2, 0.25) is 5.91 Å². The summed E-state index contributed by atoms with van der Waals surface area (Å²) < 4.78 is 0. The van der Waals surface area contributed by atoms with Gasteiger partial charge in [-0.1, -0.05) is 37.6 Å². The van der Waals surface area contributed by atoms with Crippen molar-refractivity contribution in [3.05, 3.63) is 95.6 Å². The van der Waals surface area contributed by atoms with E-state index in [-0.39, 0.29) is 23.9 Å². The zero-order valence-corrected chi connectivity index (χ0v) is 19.6. The first-order valence-electron chi connectivity index (χ1n) is 12.1. The van der Waals surface area contributed by atoms with Crippen molar-refractivity contribution in [1.82, 2.24) is 20.2 Å². The minimum atomic E-state index is -0.372. The highest BCUT2D eigenvalue weighted by Gasteiger charge is 2.35. The molecule has 6 heteroatoms. The maximum Gasteiger partial charge on any atom is 0.237 e. The first kappa shape index (κ1) is 23.6. The van der Waals surface area contributed by atoms with E-state index in [1.165, 1.54) is 0 Å². The minimum absolute atomic E-state index is 0.0405. The van der Waals surface area contributed by atoms with Crippen LogP contribution in [0.3, 0.4) is 0 Å². The van der Waals surface area contributed by atoms with Crippen LogP contribution in [0.5, 0.6) is 0 Å². The van der Waals surface area contributed by atoms with Crippen LogP contribution < -0.4 is 5.32 Å². The normalized spacial score (nSPS) is 16.8. The fraction of sp³-hybridized carbons (Fsp3) is 0.357. The molecule has 1 unspecified atom stereocenters. The molecule has 3 aromatic rings. The van der Waals surface area contributed by atoms with Crippen LogP contribution >= 0.6 is 0 Å². The Hall–Kier alpha value is -3.56. The van der Waals surface area contributed by atoms with Gasteiger partial charge in [-0.2, -0.15) is 5.26 Å². The van der Waals surface area contributed by atoms with Crippen molar-refractivity contribution in [2.24, 2.45) is 0 Å². The fourth-order valence-electron chi connectivity index (χ4n) is 4.86. The number of nitrogens with one attached hydrogen (secondary N) is 1. The molecule has 1 aliphatic heterocycles. The van der Waals surface area contributed by atoms with Crippen molar-refractivity contribution < 1.29 is 4.79 Å². The van der Waals surface area contributed by atoms with Crippen LogP contribution in [0.15, 0.2) is 73.3 Å². The van der Waals surface area contributed by atoms with E-state index < -0.39 is 0 Å². The number of likely N-dealkylation sites (tertiary alicyclic amines) is 1. The molecule has 1 aromatic carbocycles. The standard InChI is InChI=1S/C28H31N5O/c1-2-3-15-33-16-7-12-25(33)28(34)32-27(22-9-4-8-21(17-22)18-29)26(23-10-5-13-30-19-23)24-11-6-14-31-20-24/h4-6,8-11,13-14,17,19-20,25-27H,2-3,7,12,15-16H2,1H3,(H,32,34)/t25-,27?/m0/s1. The third-order valence-corrected chi connectivity index (χ3v) is 6.56. The molecule has 6 nitrogen and oxygen atoms in total. The molecule has 4 rings (SSSR count). The molecule has 34 heavy (non-hydrogen) atoms. The zero-order valence-electron chi connectivity index (χ0n) is 19.6. The van der Waals surface area contributed by atoms with Gasteiger partial charge < -0.3 is 5.32 Å². The fourth-order valence-corrected chi connectivity index (χ4v) is 4.86. The second-order valence-corrected chi connectivity index (χ2v) is 8.82. The van der Waals surface area contributed by atoms with Crippen LogP contribution in [0, 0.1) is 11.3 Å². The lowest BCUT2D eigenvalue weighted by Crippen LogP contribution is -2.46. The molecule has 1 aliphatic rings. The number of amides is 1. The third kappa shape index (κ3) is 5.49. The quantitative estimate of drug-likeness (QED) is 0.512. The number of nitriles is 1. The molecule has 1 N–H and O–H groups in total. The molecule has 0 spiro atoms. The van der Waals surface area contributed by atoms with Crippen LogP contribution in [-0.2, 0) is 4.79 Å². The van der Waals surface area contributed by atoms with Crippen LogP contribution in [0.25, 0.3) is 0 Å². The Morgan fingerprint density at radius 3 is 2.44 bits per heavy atom. The van der Waals surface area contributed by atoms with Gasteiger partial charge in [-0.05, 0) is 73.3 Å². The van der Waals surface area contributed by atoms with Crippen LogP contribution in [0.2, 0.25) is 0 Å². The maximum absolute atomic E-state index is 13.7. The Labute approximate surface area is 201 Å². The number of carbonyl (C=O) groups is 1. The van der Waals surface area contributed by atoms with E-state index in [1.54, 1.807) is 18.5 Å². The predicted octanol–water partition coefficient (Wildman–Crippen LogP) is 4.60. The number of pyridine rings is 2. The van der Waals surface area contributed by atoms with Crippen LogP contribution in [0.1, 0.15) is 66.8 Å². The summed E-state index contributed by atoms with van der Waals surface area (Å²) in [6, 6.07) is 17.1. The summed E-state index contributed by atoms with van der Waals surface area (Å²) >= 11 is 0. The van der Waals surface area contributed by atoms with Gasteiger partial charge in [-0.15, -0.1) is 0 Å². The number of hydrogen-bond acceptors (Lipinski definition) is 5. The number of rotatable bonds is 9. The molecule has 1 saturated heterocycles. The number of carbonyl (C=O) groups excluding carboxylic acids is 1. The van der Waals surface area contributed by atoms with Gasteiger partial charge in [0.15, 0.2) is 0 Å². The Kier molecular flexibility index (Phi) is 8.00. The summed E-state index contributed by atoms with van der Waals surface area (Å²) in [5.41, 5.74) is 3.43. The van der Waals surface area contributed by atoms with Gasteiger partial charge >= 0.3 is 0 Å². The summed E-state index contributed by atoms with van der Waals surface area (Å²) in [7, 11) is 0. The van der Waals surface area contributed by atoms with Crippen molar-refractivity contribution in [2.75, 3.05) is 13.1 Å². The summed E-state index contributed by atoms with van der Waals surface area (Å²) in [6.45, 7) is 4.08. The molecule has 0 radical (unpaired) electrons. The first-order valence-corrected chi connectivity index (χ1v) is 12.1. The SMILES string of the molecule is CCCCN1CCC[C@H]1C(=O)NC(c1cccc(C#N)c1)C(c1cccnc1)c1cccnc1. The van der Waals surface area contributed by atoms with Gasteiger partial charge in [-0.25, -0.2) is 0 Å². The number of benzene rings is 1. The topological polar surface area (TPSA) is 81.9 Å². The maximum atomic E-state index is 13.7. The number of aromatic nitrogens is 2. The van der Waals surface area contributed by atoms with Gasteiger partial charge in [0.05, 0.1) is 23.7 Å². The Morgan fingerprint density at radius 1 is 1.12 bits per heavy atom. The largest absolute Gasteiger partial charge is 0.347 e. The molecule has 1 fully saturated rings. The third-order valence-electron chi connectivity index (χ3n) is 6.56. The van der Waals surface area contributed by atoms with Crippen LogP contribution in [0.4, 0.5) is 0 Å². The summed E-state index contributed by atoms with van der Waals surface area (Å²) in [5, 5.41) is 12.9. The summed E-state index contributed by atoms with van der Waals surface area (Å²) in [5.74, 6) is -0.162. The second-order valence-electron chi connectivity index (χ2n) is 8.82. The van der Waals surface area contributed by atoms with Crippen molar-refractivity contribution in [1.29, 1.82) is 5.26 Å². The average Bonchev–Trinajstić information content (AvgIpc) is 3.37. The van der Waals surface area contributed by atoms with Crippen LogP contribution in [-0.4, -0.2) is 39.9 Å².